The van der Waals surface area contributed by atoms with Crippen LogP contribution in [0.2, 0.25) is 0 Å². The van der Waals surface area contributed by atoms with Crippen LogP contribution in [0.1, 0.15) is 58.0 Å². The van der Waals surface area contributed by atoms with Crippen molar-refractivity contribution in [2.75, 3.05) is 93.9 Å². The van der Waals surface area contributed by atoms with Gasteiger partial charge in [-0.1, -0.05) is 24.3 Å². The number of carbonyl (C=O) groups excluding carboxylic acids is 5. The molecule has 0 bridgehead atoms. The number of hydrogen-bond donors (Lipinski definition) is 3. The van der Waals surface area contributed by atoms with Crippen LogP contribution in [-0.4, -0.2) is 139 Å². The van der Waals surface area contributed by atoms with E-state index < -0.39 is 29.7 Å². The molecule has 2 atom stereocenters. The van der Waals surface area contributed by atoms with Gasteiger partial charge in [0.1, 0.15) is 23.3 Å². The molecule has 9 rings (SSSR count). The van der Waals surface area contributed by atoms with Crippen molar-refractivity contribution >= 4 is 52.4 Å². The molecule has 5 amide bonds. The van der Waals surface area contributed by atoms with Crippen LogP contribution in [0.3, 0.4) is 0 Å². The van der Waals surface area contributed by atoms with E-state index in [1.165, 1.54) is 6.07 Å². The van der Waals surface area contributed by atoms with Gasteiger partial charge in [0, 0.05) is 64.1 Å². The fourth-order valence-corrected chi connectivity index (χ4v) is 9.11. The molecular weight excluding hydrogens is 836 g/mol. The number of rotatable bonds is 17. The molecule has 3 N–H and O–H groups in total. The van der Waals surface area contributed by atoms with E-state index in [-0.39, 0.29) is 48.3 Å². The number of amides is 5. The van der Waals surface area contributed by atoms with Crippen molar-refractivity contribution in [2.24, 2.45) is 0 Å². The minimum Gasteiger partial charge on any atom is -0.382 e. The van der Waals surface area contributed by atoms with Crippen LogP contribution < -0.4 is 25.8 Å². The maximum absolute atomic E-state index is 14.1. The van der Waals surface area contributed by atoms with E-state index in [0.717, 1.165) is 71.5 Å². The van der Waals surface area contributed by atoms with Gasteiger partial charge in [0.05, 0.1) is 73.4 Å². The fraction of sp³-hybridized carbons (Fsp3) is 0.383. The Morgan fingerprint density at radius 2 is 1.63 bits per heavy atom. The predicted octanol–water partition coefficient (Wildman–Crippen LogP) is 3.66. The van der Waals surface area contributed by atoms with Crippen LogP contribution in [0.5, 0.6) is 0 Å². The first-order valence-electron chi connectivity index (χ1n) is 22.2. The second-order valence-electron chi connectivity index (χ2n) is 16.5. The number of hydrogen-bond acceptors (Lipinski definition) is 13. The fourth-order valence-electron chi connectivity index (χ4n) is 9.11. The third kappa shape index (κ3) is 9.55. The van der Waals surface area contributed by atoms with Crippen LogP contribution in [0.25, 0.3) is 17.0 Å². The summed E-state index contributed by atoms with van der Waals surface area (Å²) in [7, 11) is 0. The summed E-state index contributed by atoms with van der Waals surface area (Å²) >= 11 is 0. The number of nitrogens with zero attached hydrogens (tertiary/aromatic N) is 7. The largest absolute Gasteiger partial charge is 0.382 e. The van der Waals surface area contributed by atoms with Crippen molar-refractivity contribution in [3.8, 4) is 11.4 Å². The molecule has 18 heteroatoms. The zero-order valence-electron chi connectivity index (χ0n) is 35.9. The zero-order valence-corrected chi connectivity index (χ0v) is 35.9. The molecule has 3 saturated heterocycles. The number of halogens is 1. The molecule has 3 aromatic heterocycles. The molecule has 4 aliphatic rings. The molecule has 4 aliphatic heterocycles. The van der Waals surface area contributed by atoms with E-state index in [4.69, 9.17) is 14.5 Å². The van der Waals surface area contributed by atoms with Crippen molar-refractivity contribution in [2.45, 2.75) is 37.8 Å². The monoisotopic (exact) mass is 886 g/mol. The van der Waals surface area contributed by atoms with Gasteiger partial charge in [0.25, 0.3) is 11.8 Å². The highest BCUT2D eigenvalue weighted by Gasteiger charge is 2.45. The van der Waals surface area contributed by atoms with Gasteiger partial charge in [-0.25, -0.2) is 14.4 Å². The molecule has 338 valence electrons. The molecule has 2 aromatic carbocycles. The number of nitrogens with one attached hydrogen (secondary N) is 3. The highest BCUT2D eigenvalue weighted by Crippen LogP contribution is 2.37. The van der Waals surface area contributed by atoms with Crippen molar-refractivity contribution in [1.82, 2.24) is 34.8 Å². The van der Waals surface area contributed by atoms with Crippen molar-refractivity contribution in [3.63, 3.8) is 0 Å². The lowest BCUT2D eigenvalue weighted by Crippen LogP contribution is -2.54. The lowest BCUT2D eigenvalue weighted by Gasteiger charge is -2.35. The molecule has 1 unspecified atom stereocenters. The first-order valence-corrected chi connectivity index (χ1v) is 22.2. The zero-order chi connectivity index (χ0) is 44.9. The Balaban J connectivity index is 0.668. The van der Waals surface area contributed by atoms with E-state index in [1.54, 1.807) is 30.3 Å². The lowest BCUT2D eigenvalue weighted by molar-refractivity contribution is -0.136. The van der Waals surface area contributed by atoms with Gasteiger partial charge in [0.15, 0.2) is 0 Å². The Hall–Kier alpha value is -6.76. The molecule has 0 aliphatic carbocycles. The average molecular weight is 887 g/mol. The van der Waals surface area contributed by atoms with Crippen LogP contribution in [0.4, 0.5) is 21.6 Å². The van der Waals surface area contributed by atoms with Gasteiger partial charge in [-0.2, -0.15) is 0 Å². The van der Waals surface area contributed by atoms with E-state index in [2.05, 4.69) is 52.3 Å². The van der Waals surface area contributed by atoms with Gasteiger partial charge in [0.2, 0.25) is 17.7 Å². The Labute approximate surface area is 374 Å². The highest BCUT2D eigenvalue weighted by molar-refractivity contribution is 6.25. The Morgan fingerprint density at radius 1 is 0.831 bits per heavy atom. The maximum Gasteiger partial charge on any atom is 0.264 e. The van der Waals surface area contributed by atoms with Gasteiger partial charge in [-0.15, -0.1) is 0 Å². The number of aromatic nitrogens is 3. The first kappa shape index (κ1) is 43.5. The van der Waals surface area contributed by atoms with E-state index in [0.29, 0.717) is 58.3 Å². The number of ether oxygens (including phenoxy) is 2. The predicted molar refractivity (Wildman–Crippen MR) is 239 cm³/mol. The minimum atomic E-state index is -1.03. The molecule has 0 spiro atoms. The number of anilines is 3. The first-order chi connectivity index (χ1) is 31.7. The summed E-state index contributed by atoms with van der Waals surface area (Å²) in [6, 6.07) is 21.0. The molecule has 0 radical (unpaired) electrons. The second-order valence-corrected chi connectivity index (χ2v) is 16.5. The third-order valence-electron chi connectivity index (χ3n) is 12.3. The summed E-state index contributed by atoms with van der Waals surface area (Å²) < 4.78 is 27.5. The van der Waals surface area contributed by atoms with Gasteiger partial charge >= 0.3 is 0 Å². The van der Waals surface area contributed by atoms with Gasteiger partial charge in [-0.05, 0) is 73.4 Å². The smallest absolute Gasteiger partial charge is 0.264 e. The molecule has 3 fully saturated rings. The Morgan fingerprint density at radius 3 is 2.45 bits per heavy atom. The number of piperidine rings is 1. The van der Waals surface area contributed by atoms with Gasteiger partial charge < -0.3 is 29.9 Å². The van der Waals surface area contributed by atoms with E-state index >= 15 is 0 Å². The lowest BCUT2D eigenvalue weighted by atomic mass is 10.0. The van der Waals surface area contributed by atoms with E-state index in [1.807, 2.05) is 36.5 Å². The number of pyridine rings is 2. The average Bonchev–Trinajstić information content (AvgIpc) is 4.04. The summed E-state index contributed by atoms with van der Waals surface area (Å²) in [5.41, 5.74) is 5.43. The molecule has 0 saturated carbocycles. The third-order valence-corrected chi connectivity index (χ3v) is 12.3. The highest BCUT2D eigenvalue weighted by atomic mass is 19.1. The second kappa shape index (κ2) is 19.5. The van der Waals surface area contributed by atoms with Crippen LogP contribution >= 0.6 is 0 Å². The summed E-state index contributed by atoms with van der Waals surface area (Å²) in [5.74, 6) is -1.63. The maximum atomic E-state index is 14.1. The molecule has 17 nitrogen and oxygen atoms in total. The minimum absolute atomic E-state index is 0.0540. The van der Waals surface area contributed by atoms with Gasteiger partial charge in [-0.3, -0.25) is 43.5 Å². The molecule has 5 aromatic rings. The Bertz CT molecular complexity index is 2600. The van der Waals surface area contributed by atoms with Crippen LogP contribution in [-0.2, 0) is 23.9 Å². The number of fused-ring (bicyclic) bond motifs is 2. The molecule has 65 heavy (non-hydrogen) atoms. The van der Waals surface area contributed by atoms with Crippen LogP contribution in [0.15, 0.2) is 85.2 Å². The topological polar surface area (TPSA) is 183 Å². The summed E-state index contributed by atoms with van der Waals surface area (Å²) in [6.07, 6.45) is 6.10. The number of benzene rings is 2. The standard InChI is InChI=1S/C47H51FN10O7/c48-32-6-1-5-31(27-32)37-10-4-18-56(37)33-12-14-40-51-28-39(57(40)29-33)35-8-3-11-41(52-35)55-21-19-54(20-22-55)30-43(60)50-17-24-65-26-25-64-23-16-49-36-9-2-7-34-44(36)47(63)58(46(34)62)38-13-15-42(59)53-45(38)61/h1-3,5-9,11-12,14,27-29,37-38,49H,4,10,13,15-26,30H2,(H,50,60)(H,53,59,61)/t37-,38?/m1/s1. The molecule has 7 heterocycles. The number of imide groups is 2. The Kier molecular flexibility index (Phi) is 13.1. The van der Waals surface area contributed by atoms with Crippen molar-refractivity contribution < 1.29 is 37.8 Å². The van der Waals surface area contributed by atoms with Crippen molar-refractivity contribution in [1.29, 1.82) is 0 Å². The summed E-state index contributed by atoms with van der Waals surface area (Å²) in [6.45, 7) is 6.08. The summed E-state index contributed by atoms with van der Waals surface area (Å²) in [5, 5.41) is 8.28. The summed E-state index contributed by atoms with van der Waals surface area (Å²) in [4.78, 5) is 80.4. The van der Waals surface area contributed by atoms with E-state index in [9.17, 15) is 28.4 Å². The van der Waals surface area contributed by atoms with Crippen LogP contribution in [0, 0.1) is 5.82 Å². The number of carbonyl (C=O) groups is 5. The molecular formula is C47H51FN10O7. The normalized spacial score (nSPS) is 19.0. The van der Waals surface area contributed by atoms with Crippen molar-refractivity contribution in [3.05, 3.63) is 108 Å². The number of imidazole rings is 1. The quantitative estimate of drug-likeness (QED) is 0.0910. The SMILES string of the molecule is O=C(CN1CCN(c2cccc(-c3cnc4ccc(N5CCC[C@@H]5c5cccc(F)c5)cn34)n2)CC1)NCCOCCOCCNc1cccc2c1C(=O)N(C1CCC(=O)NC1=O)C2=O. The number of piperazine rings is 1.